The van der Waals surface area contributed by atoms with Gasteiger partial charge in [0.25, 0.3) is 0 Å². The van der Waals surface area contributed by atoms with Crippen LogP contribution in [0.4, 0.5) is 10.3 Å². The number of rotatable bonds is 1. The number of aromatic nitrogens is 4. The molecule has 8 heteroatoms. The van der Waals surface area contributed by atoms with Gasteiger partial charge in [0.05, 0.1) is 5.52 Å². The Kier molecular flexibility index (Phi) is 3.60. The van der Waals surface area contributed by atoms with E-state index in [0.29, 0.717) is 14.9 Å². The molecule has 0 saturated carbocycles. The van der Waals surface area contributed by atoms with Gasteiger partial charge in [0, 0.05) is 41.2 Å². The Morgan fingerprint density at radius 3 is 2.61 bits per heavy atom. The Morgan fingerprint density at radius 1 is 1.13 bits per heavy atom. The third-order valence-electron chi connectivity index (χ3n) is 4.19. The van der Waals surface area contributed by atoms with Crippen LogP contribution in [0.15, 0.2) is 12.1 Å². The van der Waals surface area contributed by atoms with E-state index >= 15 is 0 Å². The number of anilines is 1. The van der Waals surface area contributed by atoms with E-state index in [9.17, 15) is 4.39 Å². The van der Waals surface area contributed by atoms with Crippen LogP contribution in [0, 0.1) is 16.3 Å². The van der Waals surface area contributed by atoms with Crippen LogP contribution < -0.4 is 4.90 Å². The van der Waals surface area contributed by atoms with Crippen molar-refractivity contribution in [3.8, 4) is 0 Å². The zero-order valence-corrected chi connectivity index (χ0v) is 15.1. The maximum atomic E-state index is 14.0. The molecule has 1 fully saturated rings. The summed E-state index contributed by atoms with van der Waals surface area (Å²) in [7, 11) is 2.11. The van der Waals surface area contributed by atoms with Gasteiger partial charge in [-0.3, -0.25) is 0 Å². The van der Waals surface area contributed by atoms with E-state index in [1.165, 1.54) is 6.07 Å². The third-order valence-corrected chi connectivity index (χ3v) is 5.02. The van der Waals surface area contributed by atoms with Gasteiger partial charge in [-0.2, -0.15) is 4.52 Å². The predicted molar refractivity (Wildman–Crippen MR) is 95.4 cm³/mol. The second-order valence-electron chi connectivity index (χ2n) is 5.88. The first-order chi connectivity index (χ1) is 11.0. The van der Waals surface area contributed by atoms with Crippen molar-refractivity contribution in [3.63, 3.8) is 0 Å². The first kappa shape index (κ1) is 15.0. The van der Waals surface area contributed by atoms with Crippen LogP contribution in [0.5, 0.6) is 0 Å². The molecule has 1 aliphatic rings. The fraction of sp³-hybridized carbons (Fsp3) is 0.400. The number of hydrogen-bond acceptors (Lipinski definition) is 5. The molecule has 0 aliphatic carbocycles. The maximum Gasteiger partial charge on any atom is 0.229 e. The van der Waals surface area contributed by atoms with E-state index in [1.54, 1.807) is 10.6 Å². The molecule has 0 unspecified atom stereocenters. The van der Waals surface area contributed by atoms with Crippen molar-refractivity contribution in [2.24, 2.45) is 0 Å². The molecule has 6 nitrogen and oxygen atoms in total. The van der Waals surface area contributed by atoms with Gasteiger partial charge in [-0.05, 0) is 42.6 Å². The highest BCUT2D eigenvalue weighted by Gasteiger charge is 2.21. The average Bonchev–Trinajstić information content (AvgIpc) is 2.91. The minimum Gasteiger partial charge on any atom is -0.338 e. The van der Waals surface area contributed by atoms with Gasteiger partial charge in [-0.15, -0.1) is 5.10 Å². The summed E-state index contributed by atoms with van der Waals surface area (Å²) >= 11 is 1.99. The molecule has 1 aromatic carbocycles. The van der Waals surface area contributed by atoms with Crippen molar-refractivity contribution in [3.05, 3.63) is 27.3 Å². The van der Waals surface area contributed by atoms with Gasteiger partial charge in [0.2, 0.25) is 5.95 Å². The summed E-state index contributed by atoms with van der Waals surface area (Å²) in [5, 5.41) is 5.33. The monoisotopic (exact) mass is 426 g/mol. The normalized spacial score (nSPS) is 16.6. The van der Waals surface area contributed by atoms with Gasteiger partial charge < -0.3 is 9.80 Å². The first-order valence-corrected chi connectivity index (χ1v) is 8.56. The lowest BCUT2D eigenvalue weighted by Crippen LogP contribution is -2.45. The smallest absolute Gasteiger partial charge is 0.229 e. The van der Waals surface area contributed by atoms with Gasteiger partial charge in [-0.25, -0.2) is 14.4 Å². The lowest BCUT2D eigenvalue weighted by Gasteiger charge is -2.33. The van der Waals surface area contributed by atoms with Gasteiger partial charge in [0.1, 0.15) is 11.6 Å². The molecule has 3 aromatic rings. The number of fused-ring (bicyclic) bond motifs is 3. The summed E-state index contributed by atoms with van der Waals surface area (Å²) in [6.45, 7) is 5.54. The largest absolute Gasteiger partial charge is 0.338 e. The molecule has 1 aliphatic heterocycles. The van der Waals surface area contributed by atoms with Crippen LogP contribution in [0.3, 0.4) is 0 Å². The van der Waals surface area contributed by atoms with Gasteiger partial charge in [-0.1, -0.05) is 0 Å². The first-order valence-electron chi connectivity index (χ1n) is 7.48. The number of hydrogen-bond donors (Lipinski definition) is 0. The Balaban J connectivity index is 1.97. The molecule has 23 heavy (non-hydrogen) atoms. The highest BCUT2D eigenvalue weighted by molar-refractivity contribution is 14.1. The van der Waals surface area contributed by atoms with Crippen LogP contribution in [0.2, 0.25) is 0 Å². The lowest BCUT2D eigenvalue weighted by molar-refractivity contribution is 0.310. The fourth-order valence-electron chi connectivity index (χ4n) is 2.90. The molecule has 0 bridgehead atoms. The third kappa shape index (κ3) is 2.53. The van der Waals surface area contributed by atoms with E-state index in [-0.39, 0.29) is 5.82 Å². The van der Waals surface area contributed by atoms with Crippen molar-refractivity contribution in [2.75, 3.05) is 38.1 Å². The highest BCUT2D eigenvalue weighted by Crippen LogP contribution is 2.26. The molecule has 2 aromatic heterocycles. The molecule has 0 amide bonds. The maximum absolute atomic E-state index is 14.0. The van der Waals surface area contributed by atoms with E-state index in [0.717, 1.165) is 43.2 Å². The quantitative estimate of drug-likeness (QED) is 0.558. The Hall–Kier alpha value is -1.55. The molecule has 0 N–H and O–H groups in total. The lowest BCUT2D eigenvalue weighted by atomic mass is 10.2. The molecule has 0 atom stereocenters. The van der Waals surface area contributed by atoms with Crippen LogP contribution in [-0.2, 0) is 0 Å². The number of benzene rings is 1. The summed E-state index contributed by atoms with van der Waals surface area (Å²) in [5.41, 5.74) is 1.36. The van der Waals surface area contributed by atoms with Crippen molar-refractivity contribution in [1.29, 1.82) is 0 Å². The highest BCUT2D eigenvalue weighted by atomic mass is 127. The predicted octanol–water partition coefficient (Wildman–Crippen LogP) is 2.08. The van der Waals surface area contributed by atoms with Crippen molar-refractivity contribution in [2.45, 2.75) is 6.92 Å². The summed E-state index contributed by atoms with van der Waals surface area (Å²) in [4.78, 5) is 13.7. The van der Waals surface area contributed by atoms with E-state index < -0.39 is 0 Å². The molecule has 4 rings (SSSR count). The molecule has 1 saturated heterocycles. The SMILES string of the molecule is Cc1nc2c3cc(I)c(F)cc3nc(N3CCN(C)CC3)n2n1. The zero-order chi connectivity index (χ0) is 16.1. The topological polar surface area (TPSA) is 49.6 Å². The van der Waals surface area contributed by atoms with E-state index in [1.807, 2.05) is 29.5 Å². The van der Waals surface area contributed by atoms with Crippen molar-refractivity contribution >= 4 is 45.1 Å². The summed E-state index contributed by atoms with van der Waals surface area (Å²) in [6, 6.07) is 3.27. The van der Waals surface area contributed by atoms with Crippen LogP contribution in [0.25, 0.3) is 16.6 Å². The number of likely N-dealkylation sites (N-methyl/N-ethyl adjacent to an activating group) is 1. The number of aryl methyl sites for hydroxylation is 1. The van der Waals surface area contributed by atoms with Crippen molar-refractivity contribution < 1.29 is 4.39 Å². The Morgan fingerprint density at radius 2 is 1.87 bits per heavy atom. The minimum atomic E-state index is -0.254. The summed E-state index contributed by atoms with van der Waals surface area (Å²) in [6.07, 6.45) is 0. The van der Waals surface area contributed by atoms with Crippen LogP contribution >= 0.6 is 22.6 Å². The fourth-order valence-corrected chi connectivity index (χ4v) is 3.37. The zero-order valence-electron chi connectivity index (χ0n) is 12.9. The molecule has 0 spiro atoms. The molecule has 0 radical (unpaired) electrons. The summed E-state index contributed by atoms with van der Waals surface area (Å²) in [5.74, 6) is 1.17. The Bertz CT molecular complexity index is 900. The number of piperazine rings is 1. The second-order valence-corrected chi connectivity index (χ2v) is 7.04. The van der Waals surface area contributed by atoms with Crippen LogP contribution in [-0.4, -0.2) is 57.7 Å². The number of nitrogens with zero attached hydrogens (tertiary/aromatic N) is 6. The number of halogens is 2. The minimum absolute atomic E-state index is 0.254. The second kappa shape index (κ2) is 5.52. The van der Waals surface area contributed by atoms with Gasteiger partial charge >= 0.3 is 0 Å². The van der Waals surface area contributed by atoms with Crippen LogP contribution in [0.1, 0.15) is 5.82 Å². The molecule has 3 heterocycles. The standard InChI is InChI=1S/C15H16FIN6/c1-9-18-14-10-7-12(17)11(16)8-13(10)19-15(23(14)20-9)22-5-3-21(2)4-6-22/h7-8H,3-6H2,1-2H3. The van der Waals surface area contributed by atoms with E-state index in [4.69, 9.17) is 4.98 Å². The van der Waals surface area contributed by atoms with E-state index in [2.05, 4.69) is 26.9 Å². The summed E-state index contributed by atoms with van der Waals surface area (Å²) < 4.78 is 16.3. The molecule has 120 valence electrons. The average molecular weight is 426 g/mol. The van der Waals surface area contributed by atoms with Crippen molar-refractivity contribution in [1.82, 2.24) is 24.5 Å². The van der Waals surface area contributed by atoms with Gasteiger partial charge in [0.15, 0.2) is 5.65 Å². The molecular weight excluding hydrogens is 410 g/mol. The molecular formula is C15H16FIN6. The Labute approximate surface area is 146 Å².